The number of nitrogens with zero attached hydrogens (tertiary/aromatic N) is 1. The molecule has 0 spiro atoms. The Morgan fingerprint density at radius 3 is 2.57 bits per heavy atom. The molecule has 0 radical (unpaired) electrons. The van der Waals surface area contributed by atoms with Crippen molar-refractivity contribution in [3.05, 3.63) is 59.2 Å². The van der Waals surface area contributed by atoms with Crippen molar-refractivity contribution in [1.29, 1.82) is 5.41 Å². The normalized spacial score (nSPS) is 12.1. The van der Waals surface area contributed by atoms with Crippen LogP contribution in [0.4, 0.5) is 11.4 Å². The molecule has 5 N–H and O–H groups in total. The molecule has 1 aliphatic rings. The maximum atomic E-state index is 12.7. The van der Waals surface area contributed by atoms with Crippen molar-refractivity contribution < 1.29 is 19.5 Å². The van der Waals surface area contributed by atoms with E-state index in [2.05, 4.69) is 10.6 Å². The van der Waals surface area contributed by atoms with Crippen LogP contribution in [-0.4, -0.2) is 36.7 Å². The van der Waals surface area contributed by atoms with Crippen LogP contribution in [0.15, 0.2) is 42.5 Å². The average Bonchev–Trinajstić information content (AvgIpc) is 3.11. The van der Waals surface area contributed by atoms with Gasteiger partial charge < -0.3 is 26.4 Å². The molecule has 0 aromatic heterocycles. The lowest BCUT2D eigenvalue weighted by atomic mass is 10.1. The monoisotopic (exact) mass is 408 g/mol. The predicted molar refractivity (Wildman–Crippen MR) is 110 cm³/mol. The Kier molecular flexibility index (Phi) is 6.43. The number of benzene rings is 2. The van der Waals surface area contributed by atoms with Crippen molar-refractivity contribution >= 4 is 34.9 Å². The number of fused-ring (bicyclic) bond motifs is 1. The van der Waals surface area contributed by atoms with E-state index in [4.69, 9.17) is 11.1 Å². The Morgan fingerprint density at radius 1 is 1.17 bits per heavy atom. The average molecular weight is 408 g/mol. The predicted octanol–water partition coefficient (Wildman–Crippen LogP) is 0.326. The van der Waals surface area contributed by atoms with Crippen molar-refractivity contribution in [1.82, 2.24) is 5.32 Å². The molecule has 9 nitrogen and oxygen atoms in total. The molecule has 1 heterocycles. The third kappa shape index (κ3) is 4.81. The lowest BCUT2D eigenvalue weighted by molar-refractivity contribution is -0.363. The maximum absolute atomic E-state index is 12.7. The van der Waals surface area contributed by atoms with E-state index >= 15 is 0 Å². The Balaban J connectivity index is 1.61. The number of carbonyl (C=O) groups excluding carboxylic acids is 3. The van der Waals surface area contributed by atoms with Gasteiger partial charge in [0, 0.05) is 48.4 Å². The number of nitrogen functional groups attached to an aromatic ring is 1. The van der Waals surface area contributed by atoms with Crippen LogP contribution in [0.5, 0.6) is 0 Å². The van der Waals surface area contributed by atoms with Gasteiger partial charge in [0.1, 0.15) is 5.84 Å². The van der Waals surface area contributed by atoms with E-state index in [1.54, 1.807) is 42.5 Å². The second-order valence-corrected chi connectivity index (χ2v) is 6.81. The van der Waals surface area contributed by atoms with Gasteiger partial charge in [-0.1, -0.05) is 6.07 Å². The molecule has 2 aromatic carbocycles. The lowest BCUT2D eigenvalue weighted by Gasteiger charge is -2.25. The SMILES string of the molecule is N=C(N)c1ccc(NC(=O)CCC(=O)N(CC[O-])c2ccc3c(c2)C(=O)NC3)cc1. The quantitative estimate of drug-likeness (QED) is 0.366. The van der Waals surface area contributed by atoms with Crippen LogP contribution < -0.4 is 26.4 Å². The second kappa shape index (κ2) is 9.19. The van der Waals surface area contributed by atoms with Gasteiger partial charge in [-0.05, 0) is 42.0 Å². The first-order valence-corrected chi connectivity index (χ1v) is 9.43. The number of nitrogens with one attached hydrogen (secondary N) is 3. The Hall–Kier alpha value is -3.72. The minimum absolute atomic E-state index is 0.0482. The van der Waals surface area contributed by atoms with Crippen LogP contribution >= 0.6 is 0 Å². The maximum Gasteiger partial charge on any atom is 0.251 e. The van der Waals surface area contributed by atoms with Crippen molar-refractivity contribution in [2.24, 2.45) is 5.73 Å². The van der Waals surface area contributed by atoms with Crippen molar-refractivity contribution in [3.8, 4) is 0 Å². The smallest absolute Gasteiger partial charge is 0.251 e. The minimum Gasteiger partial charge on any atom is -0.853 e. The van der Waals surface area contributed by atoms with Gasteiger partial charge in [-0.3, -0.25) is 19.8 Å². The minimum atomic E-state index is -0.496. The fourth-order valence-corrected chi connectivity index (χ4v) is 3.17. The molecule has 3 rings (SSSR count). The highest BCUT2D eigenvalue weighted by atomic mass is 16.3. The van der Waals surface area contributed by atoms with Crippen LogP contribution in [0.25, 0.3) is 0 Å². The number of anilines is 2. The fraction of sp³-hybridized carbons (Fsp3) is 0.238. The largest absolute Gasteiger partial charge is 0.853 e. The summed E-state index contributed by atoms with van der Waals surface area (Å²) in [4.78, 5) is 38.0. The summed E-state index contributed by atoms with van der Waals surface area (Å²) in [6, 6.07) is 11.5. The molecule has 3 amide bonds. The van der Waals surface area contributed by atoms with Gasteiger partial charge in [0.25, 0.3) is 5.91 Å². The first-order valence-electron chi connectivity index (χ1n) is 9.43. The molecule has 0 bridgehead atoms. The summed E-state index contributed by atoms with van der Waals surface area (Å²) < 4.78 is 0. The van der Waals surface area contributed by atoms with Gasteiger partial charge >= 0.3 is 0 Å². The first-order chi connectivity index (χ1) is 14.4. The molecular weight excluding hydrogens is 386 g/mol. The number of hydrogen-bond donors (Lipinski definition) is 4. The van der Waals surface area contributed by atoms with E-state index in [0.29, 0.717) is 29.0 Å². The molecule has 0 unspecified atom stereocenters. The third-order valence-corrected chi connectivity index (χ3v) is 4.75. The van der Waals surface area contributed by atoms with Crippen LogP contribution in [0, 0.1) is 5.41 Å². The van der Waals surface area contributed by atoms with Gasteiger partial charge in [-0.2, -0.15) is 0 Å². The van der Waals surface area contributed by atoms with Gasteiger partial charge in [0.2, 0.25) is 11.8 Å². The number of rotatable bonds is 8. The Bertz CT molecular complexity index is 987. The molecule has 30 heavy (non-hydrogen) atoms. The summed E-state index contributed by atoms with van der Waals surface area (Å²) in [5.74, 6) is -1.00. The zero-order valence-electron chi connectivity index (χ0n) is 16.2. The highest BCUT2D eigenvalue weighted by Gasteiger charge is 2.22. The lowest BCUT2D eigenvalue weighted by Crippen LogP contribution is -2.36. The Labute approximate surface area is 173 Å². The Morgan fingerprint density at radius 2 is 1.90 bits per heavy atom. The highest BCUT2D eigenvalue weighted by Crippen LogP contribution is 2.23. The number of nitrogens with two attached hydrogens (primary N) is 1. The molecular formula is C21H22N5O4-. The summed E-state index contributed by atoms with van der Waals surface area (Å²) in [5.41, 5.74) is 8.26. The van der Waals surface area contributed by atoms with Crippen molar-refractivity contribution in [3.63, 3.8) is 0 Å². The fourth-order valence-electron chi connectivity index (χ4n) is 3.17. The second-order valence-electron chi connectivity index (χ2n) is 6.81. The topological polar surface area (TPSA) is 151 Å². The summed E-state index contributed by atoms with van der Waals surface area (Å²) in [5, 5.41) is 23.9. The molecule has 9 heteroatoms. The van der Waals surface area contributed by atoms with E-state index in [9.17, 15) is 19.5 Å². The van der Waals surface area contributed by atoms with Crippen LogP contribution in [0.1, 0.15) is 34.3 Å². The van der Waals surface area contributed by atoms with Crippen LogP contribution in [-0.2, 0) is 16.1 Å². The van der Waals surface area contributed by atoms with Crippen molar-refractivity contribution in [2.75, 3.05) is 23.4 Å². The molecule has 0 aliphatic carbocycles. The summed E-state index contributed by atoms with van der Waals surface area (Å²) >= 11 is 0. The van der Waals surface area contributed by atoms with E-state index in [1.807, 2.05) is 0 Å². The summed E-state index contributed by atoms with van der Waals surface area (Å²) in [6.07, 6.45) is -0.144. The summed E-state index contributed by atoms with van der Waals surface area (Å²) in [7, 11) is 0. The number of amides is 3. The molecule has 0 saturated carbocycles. The molecule has 156 valence electrons. The standard InChI is InChI=1S/C21H22N5O4/c22-20(23)13-1-4-15(5-2-13)25-18(28)7-8-19(29)26(9-10-27)16-6-3-14-12-24-21(30)17(14)11-16/h1-6,11H,7-10,12H2,(H3,22,23)(H,24,30)(H,25,28)/q-1. The van der Waals surface area contributed by atoms with Crippen molar-refractivity contribution in [2.45, 2.75) is 19.4 Å². The first kappa shape index (κ1) is 21.0. The van der Waals surface area contributed by atoms with Gasteiger partial charge in [-0.25, -0.2) is 0 Å². The summed E-state index contributed by atoms with van der Waals surface area (Å²) in [6.45, 7) is -0.103. The van der Waals surface area contributed by atoms with Gasteiger partial charge in [0.05, 0.1) is 0 Å². The van der Waals surface area contributed by atoms with Gasteiger partial charge in [0.15, 0.2) is 0 Å². The zero-order valence-corrected chi connectivity index (χ0v) is 16.2. The third-order valence-electron chi connectivity index (χ3n) is 4.75. The number of amidine groups is 1. The molecule has 1 aliphatic heterocycles. The van der Waals surface area contributed by atoms with E-state index in [0.717, 1.165) is 5.56 Å². The van der Waals surface area contributed by atoms with Gasteiger partial charge in [-0.15, -0.1) is 6.61 Å². The highest BCUT2D eigenvalue weighted by molar-refractivity contribution is 6.02. The molecule has 0 fully saturated rings. The molecule has 0 saturated heterocycles. The number of carbonyl (C=O) groups is 3. The van der Waals surface area contributed by atoms with Crippen LogP contribution in [0.2, 0.25) is 0 Å². The van der Waals surface area contributed by atoms with E-state index < -0.39 is 6.61 Å². The molecule has 0 atom stereocenters. The van der Waals surface area contributed by atoms with E-state index in [-0.39, 0.29) is 42.9 Å². The number of hydrogen-bond acceptors (Lipinski definition) is 5. The molecule has 2 aromatic rings. The zero-order chi connectivity index (χ0) is 21.7. The van der Waals surface area contributed by atoms with Crippen LogP contribution in [0.3, 0.4) is 0 Å². The van der Waals surface area contributed by atoms with E-state index in [1.165, 1.54) is 4.90 Å².